The number of carboxylic acids is 1. The number of aliphatic carboxylic acids is 1. The zero-order valence-corrected chi connectivity index (χ0v) is 13.0. The zero-order valence-electron chi connectivity index (χ0n) is 13.0. The molecule has 24 heavy (non-hydrogen) atoms. The maximum atomic E-state index is 13.1. The Labute approximate surface area is 139 Å². The van der Waals surface area contributed by atoms with Crippen LogP contribution in [0.15, 0.2) is 65.7 Å². The number of carboxylic acid groups (broad SMARTS) is 1. The van der Waals surface area contributed by atoms with Crippen LogP contribution in [0.2, 0.25) is 0 Å². The molecule has 1 aliphatic carbocycles. The van der Waals surface area contributed by atoms with Gasteiger partial charge in [-0.05, 0) is 55.7 Å². The lowest BCUT2D eigenvalue weighted by atomic mass is 10.1. The van der Waals surface area contributed by atoms with E-state index in [0.29, 0.717) is 36.2 Å². The minimum atomic E-state index is -1.03. The fraction of sp³-hybridized carbons (Fsp3) is 0.158. The number of hydrogen-bond donors (Lipinski definition) is 2. The molecule has 5 nitrogen and oxygen atoms in total. The number of phenols is 1. The van der Waals surface area contributed by atoms with E-state index in [1.807, 2.05) is 18.2 Å². The van der Waals surface area contributed by atoms with Crippen molar-refractivity contribution in [3.63, 3.8) is 0 Å². The summed E-state index contributed by atoms with van der Waals surface area (Å²) in [5, 5.41) is 18.8. The summed E-state index contributed by atoms with van der Waals surface area (Å²) in [5.41, 5.74) is 1.77. The van der Waals surface area contributed by atoms with Gasteiger partial charge in [-0.3, -0.25) is 9.69 Å². The molecule has 0 fully saturated rings. The maximum absolute atomic E-state index is 13.1. The third kappa shape index (κ3) is 3.01. The van der Waals surface area contributed by atoms with Crippen molar-refractivity contribution >= 4 is 23.3 Å². The molecule has 0 saturated carbocycles. The van der Waals surface area contributed by atoms with Crippen LogP contribution in [0.1, 0.15) is 19.3 Å². The summed E-state index contributed by atoms with van der Waals surface area (Å²) in [6, 6.07) is 15.3. The molecule has 0 spiro atoms. The van der Waals surface area contributed by atoms with Crippen molar-refractivity contribution < 1.29 is 19.8 Å². The SMILES string of the molecule is O=C(O)C1=C(C(=O)N(c2ccccc2)c2ccc(O)cc2)CCC1. The summed E-state index contributed by atoms with van der Waals surface area (Å²) in [4.78, 5) is 26.0. The lowest BCUT2D eigenvalue weighted by Gasteiger charge is -2.24. The number of nitrogens with zero attached hydrogens (tertiary/aromatic N) is 1. The third-order valence-electron chi connectivity index (χ3n) is 4.06. The van der Waals surface area contributed by atoms with E-state index in [9.17, 15) is 19.8 Å². The van der Waals surface area contributed by atoms with Crippen LogP contribution in [-0.4, -0.2) is 22.1 Å². The van der Waals surface area contributed by atoms with Gasteiger partial charge in [0, 0.05) is 22.5 Å². The Kier molecular flexibility index (Phi) is 4.33. The van der Waals surface area contributed by atoms with Crippen LogP contribution in [0.4, 0.5) is 11.4 Å². The predicted molar refractivity (Wildman–Crippen MR) is 90.2 cm³/mol. The number of amides is 1. The maximum Gasteiger partial charge on any atom is 0.332 e. The number of benzene rings is 2. The molecule has 5 heteroatoms. The molecule has 0 radical (unpaired) electrons. The highest BCUT2D eigenvalue weighted by Crippen LogP contribution is 2.33. The zero-order chi connectivity index (χ0) is 17.1. The molecule has 0 heterocycles. The Balaban J connectivity index is 2.08. The standard InChI is InChI=1S/C19H17NO4/c21-15-11-9-14(10-12-15)20(13-5-2-1-3-6-13)18(22)16-7-4-8-17(16)19(23)24/h1-3,5-6,9-12,21H,4,7-8H2,(H,23,24). The fourth-order valence-corrected chi connectivity index (χ4v) is 2.91. The predicted octanol–water partition coefficient (Wildman–Crippen LogP) is 3.62. The van der Waals surface area contributed by atoms with Gasteiger partial charge in [-0.25, -0.2) is 4.79 Å². The normalized spacial score (nSPS) is 13.8. The molecule has 0 unspecified atom stereocenters. The van der Waals surface area contributed by atoms with E-state index in [4.69, 9.17) is 0 Å². The van der Waals surface area contributed by atoms with Crippen LogP contribution in [0.5, 0.6) is 5.75 Å². The quantitative estimate of drug-likeness (QED) is 0.901. The monoisotopic (exact) mass is 323 g/mol. The Hall–Kier alpha value is -3.08. The first-order chi connectivity index (χ1) is 11.6. The van der Waals surface area contributed by atoms with Crippen LogP contribution in [0, 0.1) is 0 Å². The minimum absolute atomic E-state index is 0.102. The second-order valence-electron chi connectivity index (χ2n) is 5.61. The number of para-hydroxylation sites is 1. The first-order valence-corrected chi connectivity index (χ1v) is 7.72. The van der Waals surface area contributed by atoms with Crippen LogP contribution in [-0.2, 0) is 9.59 Å². The summed E-state index contributed by atoms with van der Waals surface area (Å²) in [6.45, 7) is 0. The molecule has 2 aromatic carbocycles. The summed E-state index contributed by atoms with van der Waals surface area (Å²) in [7, 11) is 0. The molecule has 2 aromatic rings. The van der Waals surface area contributed by atoms with Crippen molar-refractivity contribution in [1.29, 1.82) is 0 Å². The number of hydrogen-bond acceptors (Lipinski definition) is 3. The number of anilines is 2. The van der Waals surface area contributed by atoms with Crippen molar-refractivity contribution in [2.75, 3.05) is 4.90 Å². The van der Waals surface area contributed by atoms with E-state index >= 15 is 0 Å². The largest absolute Gasteiger partial charge is 0.508 e. The lowest BCUT2D eigenvalue weighted by Crippen LogP contribution is -2.28. The number of phenolic OH excluding ortho intramolecular Hbond substituents is 1. The molecule has 1 aliphatic rings. The summed E-state index contributed by atoms with van der Waals surface area (Å²) in [6.07, 6.45) is 1.54. The van der Waals surface area contributed by atoms with Crippen molar-refractivity contribution in [2.24, 2.45) is 0 Å². The van der Waals surface area contributed by atoms with Crippen molar-refractivity contribution in [3.8, 4) is 5.75 Å². The average Bonchev–Trinajstić information content (AvgIpc) is 3.08. The lowest BCUT2D eigenvalue weighted by molar-refractivity contribution is -0.133. The summed E-state index contributed by atoms with van der Waals surface area (Å²) in [5.74, 6) is -1.26. The van der Waals surface area contributed by atoms with E-state index in [1.54, 1.807) is 24.3 Å². The highest BCUT2D eigenvalue weighted by atomic mass is 16.4. The Bertz CT molecular complexity index is 794. The van der Waals surface area contributed by atoms with Gasteiger partial charge < -0.3 is 10.2 Å². The molecule has 0 aromatic heterocycles. The van der Waals surface area contributed by atoms with E-state index in [-0.39, 0.29) is 17.2 Å². The average molecular weight is 323 g/mol. The highest BCUT2D eigenvalue weighted by Gasteiger charge is 2.30. The van der Waals surface area contributed by atoms with E-state index in [1.165, 1.54) is 17.0 Å². The molecule has 2 N–H and O–H groups in total. The van der Waals surface area contributed by atoms with Crippen LogP contribution >= 0.6 is 0 Å². The second kappa shape index (κ2) is 6.58. The van der Waals surface area contributed by atoms with Crippen LogP contribution < -0.4 is 4.90 Å². The molecular weight excluding hydrogens is 306 g/mol. The number of carbonyl (C=O) groups excluding carboxylic acids is 1. The molecule has 0 atom stereocenters. The first kappa shape index (κ1) is 15.8. The van der Waals surface area contributed by atoms with Gasteiger partial charge in [0.1, 0.15) is 5.75 Å². The Morgan fingerprint density at radius 2 is 1.42 bits per heavy atom. The number of rotatable bonds is 4. The van der Waals surface area contributed by atoms with E-state index < -0.39 is 5.97 Å². The Morgan fingerprint density at radius 3 is 2.04 bits per heavy atom. The highest BCUT2D eigenvalue weighted by molar-refractivity contribution is 6.14. The fourth-order valence-electron chi connectivity index (χ4n) is 2.91. The van der Waals surface area contributed by atoms with Crippen molar-refractivity contribution in [2.45, 2.75) is 19.3 Å². The van der Waals surface area contributed by atoms with E-state index in [0.717, 1.165) is 0 Å². The second-order valence-corrected chi connectivity index (χ2v) is 5.61. The molecule has 0 saturated heterocycles. The smallest absolute Gasteiger partial charge is 0.332 e. The van der Waals surface area contributed by atoms with Gasteiger partial charge in [-0.1, -0.05) is 18.2 Å². The summed E-state index contributed by atoms with van der Waals surface area (Å²) >= 11 is 0. The molecule has 1 amide bonds. The van der Waals surface area contributed by atoms with Crippen molar-refractivity contribution in [1.82, 2.24) is 0 Å². The topological polar surface area (TPSA) is 77.8 Å². The Morgan fingerprint density at radius 1 is 0.833 bits per heavy atom. The van der Waals surface area contributed by atoms with Gasteiger partial charge >= 0.3 is 5.97 Å². The summed E-state index contributed by atoms with van der Waals surface area (Å²) < 4.78 is 0. The van der Waals surface area contributed by atoms with Crippen LogP contribution in [0.3, 0.4) is 0 Å². The molecule has 3 rings (SSSR count). The van der Waals surface area contributed by atoms with E-state index in [2.05, 4.69) is 0 Å². The molecule has 122 valence electrons. The van der Waals surface area contributed by atoms with Crippen molar-refractivity contribution in [3.05, 3.63) is 65.7 Å². The minimum Gasteiger partial charge on any atom is -0.508 e. The van der Waals surface area contributed by atoms with Gasteiger partial charge in [0.05, 0.1) is 0 Å². The van der Waals surface area contributed by atoms with Gasteiger partial charge in [0.25, 0.3) is 5.91 Å². The van der Waals surface area contributed by atoms with Gasteiger partial charge in [-0.15, -0.1) is 0 Å². The number of carbonyl (C=O) groups is 2. The first-order valence-electron chi connectivity index (χ1n) is 7.72. The van der Waals surface area contributed by atoms with Gasteiger partial charge in [0.15, 0.2) is 0 Å². The molecule has 0 bridgehead atoms. The molecule has 0 aliphatic heterocycles. The number of aromatic hydroxyl groups is 1. The van der Waals surface area contributed by atoms with Gasteiger partial charge in [-0.2, -0.15) is 0 Å². The van der Waals surface area contributed by atoms with Crippen LogP contribution in [0.25, 0.3) is 0 Å². The molecular formula is C19H17NO4. The third-order valence-corrected chi connectivity index (χ3v) is 4.06. The van der Waals surface area contributed by atoms with Gasteiger partial charge in [0.2, 0.25) is 0 Å².